The number of nitrogens with one attached hydrogen (secondary N) is 2. The highest BCUT2D eigenvalue weighted by molar-refractivity contribution is 7.92. The maximum absolute atomic E-state index is 12.4. The van der Waals surface area contributed by atoms with Crippen LogP contribution >= 0.6 is 0 Å². The first-order valence-electron chi connectivity index (χ1n) is 7.85. The Morgan fingerprint density at radius 2 is 1.77 bits per heavy atom. The molecule has 0 spiro atoms. The van der Waals surface area contributed by atoms with Gasteiger partial charge in [0.05, 0.1) is 10.6 Å². The van der Waals surface area contributed by atoms with E-state index in [4.69, 9.17) is 0 Å². The lowest BCUT2D eigenvalue weighted by Crippen LogP contribution is -2.16. The molecule has 0 aliphatic carbocycles. The number of sulfonamides is 1. The number of benzene rings is 2. The van der Waals surface area contributed by atoms with E-state index in [1.807, 2.05) is 6.92 Å². The number of hydrogen-bond donors (Lipinski definition) is 2. The van der Waals surface area contributed by atoms with Gasteiger partial charge >= 0.3 is 0 Å². The van der Waals surface area contributed by atoms with Gasteiger partial charge in [-0.1, -0.05) is 24.3 Å². The molecule has 26 heavy (non-hydrogen) atoms. The van der Waals surface area contributed by atoms with Crippen LogP contribution in [0.15, 0.2) is 65.6 Å². The van der Waals surface area contributed by atoms with Crippen LogP contribution in [0.2, 0.25) is 0 Å². The zero-order chi connectivity index (χ0) is 18.7. The molecule has 8 heteroatoms. The highest BCUT2D eigenvalue weighted by atomic mass is 32.2. The Morgan fingerprint density at radius 3 is 2.42 bits per heavy atom. The van der Waals surface area contributed by atoms with Crippen molar-refractivity contribution in [1.82, 2.24) is 9.78 Å². The van der Waals surface area contributed by atoms with E-state index in [1.54, 1.807) is 54.2 Å². The molecule has 3 rings (SSSR count). The van der Waals surface area contributed by atoms with Crippen molar-refractivity contribution in [1.29, 1.82) is 0 Å². The molecule has 0 aliphatic rings. The van der Waals surface area contributed by atoms with Gasteiger partial charge in [0.2, 0.25) is 0 Å². The topological polar surface area (TPSA) is 93.1 Å². The number of amides is 1. The molecule has 0 atom stereocenters. The number of aromatic nitrogens is 2. The summed E-state index contributed by atoms with van der Waals surface area (Å²) < 4.78 is 28.8. The van der Waals surface area contributed by atoms with E-state index >= 15 is 0 Å². The highest BCUT2D eigenvalue weighted by Crippen LogP contribution is 2.18. The summed E-state index contributed by atoms with van der Waals surface area (Å²) in [6.07, 6.45) is 0. The van der Waals surface area contributed by atoms with Crippen LogP contribution in [-0.4, -0.2) is 24.1 Å². The van der Waals surface area contributed by atoms with Crippen molar-refractivity contribution in [3.63, 3.8) is 0 Å². The van der Waals surface area contributed by atoms with Crippen molar-refractivity contribution in [3.05, 3.63) is 71.9 Å². The average Bonchev–Trinajstić information content (AvgIpc) is 2.92. The fourth-order valence-electron chi connectivity index (χ4n) is 2.45. The first kappa shape index (κ1) is 17.7. The molecule has 3 aromatic rings. The molecule has 0 radical (unpaired) electrons. The molecule has 7 nitrogen and oxygen atoms in total. The molecule has 1 heterocycles. The van der Waals surface area contributed by atoms with Crippen LogP contribution in [0, 0.1) is 6.92 Å². The Balaban J connectivity index is 1.80. The summed E-state index contributed by atoms with van der Waals surface area (Å²) in [5.74, 6) is 0.205. The molecular formula is C18H18N4O3S. The van der Waals surface area contributed by atoms with Gasteiger partial charge in [-0.05, 0) is 37.3 Å². The van der Waals surface area contributed by atoms with E-state index in [0.29, 0.717) is 17.1 Å². The smallest absolute Gasteiger partial charge is 0.261 e. The minimum Gasteiger partial charge on any atom is -0.307 e. The largest absolute Gasteiger partial charge is 0.307 e. The van der Waals surface area contributed by atoms with Crippen molar-refractivity contribution in [2.75, 3.05) is 10.0 Å². The summed E-state index contributed by atoms with van der Waals surface area (Å²) in [5, 5.41) is 6.92. The third kappa shape index (κ3) is 3.92. The second kappa shape index (κ2) is 7.01. The quantitative estimate of drug-likeness (QED) is 0.722. The summed E-state index contributed by atoms with van der Waals surface area (Å²) in [5.41, 5.74) is 1.42. The summed E-state index contributed by atoms with van der Waals surface area (Å²) in [7, 11) is -1.98. The Morgan fingerprint density at radius 1 is 1.04 bits per heavy atom. The van der Waals surface area contributed by atoms with Gasteiger partial charge < -0.3 is 5.32 Å². The van der Waals surface area contributed by atoms with Crippen LogP contribution in [0.25, 0.3) is 0 Å². The van der Waals surface area contributed by atoms with Crippen LogP contribution in [-0.2, 0) is 17.1 Å². The van der Waals surface area contributed by atoms with E-state index in [-0.39, 0.29) is 10.8 Å². The Bertz CT molecular complexity index is 1040. The van der Waals surface area contributed by atoms with Gasteiger partial charge in [0, 0.05) is 24.4 Å². The lowest BCUT2D eigenvalue weighted by Gasteiger charge is -2.10. The predicted octanol–water partition coefficient (Wildman–Crippen LogP) is 2.78. The predicted molar refractivity (Wildman–Crippen MR) is 99.6 cm³/mol. The van der Waals surface area contributed by atoms with E-state index < -0.39 is 10.0 Å². The Labute approximate surface area is 151 Å². The number of nitrogens with zero attached hydrogens (tertiary/aromatic N) is 2. The van der Waals surface area contributed by atoms with Crippen molar-refractivity contribution >= 4 is 27.4 Å². The number of hydrogen-bond acceptors (Lipinski definition) is 4. The third-order valence-corrected chi connectivity index (χ3v) is 5.07. The monoisotopic (exact) mass is 370 g/mol. The number of carbonyl (C=O) groups excluding carboxylic acids is 1. The van der Waals surface area contributed by atoms with E-state index in [9.17, 15) is 13.2 Å². The molecule has 0 aliphatic heterocycles. The highest BCUT2D eigenvalue weighted by Gasteiger charge is 2.15. The van der Waals surface area contributed by atoms with Crippen molar-refractivity contribution in [2.45, 2.75) is 11.8 Å². The van der Waals surface area contributed by atoms with Gasteiger partial charge in [-0.3, -0.25) is 14.2 Å². The van der Waals surface area contributed by atoms with Gasteiger partial charge in [0.15, 0.2) is 0 Å². The fraction of sp³-hybridized carbons (Fsp3) is 0.111. The summed E-state index contributed by atoms with van der Waals surface area (Å²) >= 11 is 0. The molecule has 0 bridgehead atoms. The van der Waals surface area contributed by atoms with Gasteiger partial charge in [-0.25, -0.2) is 8.42 Å². The molecule has 0 saturated carbocycles. The molecule has 1 aromatic heterocycles. The molecule has 2 aromatic carbocycles. The van der Waals surface area contributed by atoms with Crippen LogP contribution in [0.4, 0.5) is 11.5 Å². The third-order valence-electron chi connectivity index (χ3n) is 3.67. The summed E-state index contributed by atoms with van der Waals surface area (Å²) in [6, 6.07) is 16.1. The lowest BCUT2D eigenvalue weighted by molar-refractivity contribution is 0.102. The maximum atomic E-state index is 12.4. The Hall–Kier alpha value is -3.13. The van der Waals surface area contributed by atoms with Gasteiger partial charge in [-0.15, -0.1) is 0 Å². The maximum Gasteiger partial charge on any atom is 0.261 e. The van der Waals surface area contributed by atoms with Gasteiger partial charge in [0.25, 0.3) is 15.9 Å². The molecule has 2 N–H and O–H groups in total. The first-order chi connectivity index (χ1) is 12.3. The minimum atomic E-state index is -3.71. The Kier molecular flexibility index (Phi) is 4.77. The van der Waals surface area contributed by atoms with Crippen molar-refractivity contribution in [2.24, 2.45) is 7.05 Å². The molecule has 0 fully saturated rings. The summed E-state index contributed by atoms with van der Waals surface area (Å²) in [4.78, 5) is 12.6. The van der Waals surface area contributed by atoms with E-state index in [2.05, 4.69) is 15.1 Å². The number of anilines is 2. The first-order valence-corrected chi connectivity index (χ1v) is 9.33. The SMILES string of the molecule is Cc1cc(NC(=O)c2cccc(NS(=O)(=O)c3ccccc3)c2)n(C)n1. The molecule has 0 unspecified atom stereocenters. The van der Waals surface area contributed by atoms with Crippen LogP contribution in [0.1, 0.15) is 16.1 Å². The van der Waals surface area contributed by atoms with Crippen molar-refractivity contribution < 1.29 is 13.2 Å². The molecule has 1 amide bonds. The standard InChI is InChI=1S/C18H18N4O3S/c1-13-11-17(22(2)20-13)19-18(23)14-7-6-8-15(12-14)21-26(24,25)16-9-4-3-5-10-16/h3-12,21H,1-2H3,(H,19,23). The normalized spacial score (nSPS) is 11.2. The van der Waals surface area contributed by atoms with E-state index in [1.165, 1.54) is 18.2 Å². The minimum absolute atomic E-state index is 0.153. The second-order valence-corrected chi connectivity index (χ2v) is 7.43. The molecule has 134 valence electrons. The lowest BCUT2D eigenvalue weighted by atomic mass is 10.2. The average molecular weight is 370 g/mol. The number of carbonyl (C=O) groups is 1. The summed E-state index contributed by atoms with van der Waals surface area (Å²) in [6.45, 7) is 1.83. The second-order valence-electron chi connectivity index (χ2n) is 5.75. The molecular weight excluding hydrogens is 352 g/mol. The van der Waals surface area contributed by atoms with Crippen LogP contribution < -0.4 is 10.0 Å². The van der Waals surface area contributed by atoms with E-state index in [0.717, 1.165) is 5.69 Å². The fourth-order valence-corrected chi connectivity index (χ4v) is 3.52. The van der Waals surface area contributed by atoms with Crippen molar-refractivity contribution in [3.8, 4) is 0 Å². The van der Waals surface area contributed by atoms with Gasteiger partial charge in [-0.2, -0.15) is 5.10 Å². The van der Waals surface area contributed by atoms with Gasteiger partial charge in [0.1, 0.15) is 5.82 Å². The zero-order valence-electron chi connectivity index (χ0n) is 14.3. The number of aryl methyl sites for hydroxylation is 2. The van der Waals surface area contributed by atoms with Crippen LogP contribution in [0.3, 0.4) is 0 Å². The number of rotatable bonds is 5. The zero-order valence-corrected chi connectivity index (χ0v) is 15.1. The van der Waals surface area contributed by atoms with Crippen LogP contribution in [0.5, 0.6) is 0 Å². The molecule has 0 saturated heterocycles.